The molecule has 0 atom stereocenters. The summed E-state index contributed by atoms with van der Waals surface area (Å²) < 4.78 is 0. The van der Waals surface area contributed by atoms with Crippen molar-refractivity contribution in [2.45, 2.75) is 51.9 Å². The van der Waals surface area contributed by atoms with Crippen molar-refractivity contribution in [3.63, 3.8) is 0 Å². The Labute approximate surface area is 157 Å². The smallest absolute Gasteiger partial charge is 0.872 e. The van der Waals surface area contributed by atoms with E-state index in [0.717, 1.165) is 18.4 Å². The van der Waals surface area contributed by atoms with E-state index >= 15 is 0 Å². The van der Waals surface area contributed by atoms with E-state index in [-0.39, 0.29) is 62.7 Å². The standard InChI is InChI=1S/C15H22O3.K/c1-2-3-4-5-6-7-8-12-9-10-13(15(17)18)14(16)11-12;/h9-11,16H,2-8H2,1H3,(H,17,18);/q;+1/p-1. The Hall–Kier alpha value is 0.126. The third-order valence-corrected chi connectivity index (χ3v) is 3.10. The van der Waals surface area contributed by atoms with Gasteiger partial charge in [-0.15, -0.1) is 0 Å². The maximum absolute atomic E-state index is 11.5. The first-order valence-electron chi connectivity index (χ1n) is 6.68. The van der Waals surface area contributed by atoms with Crippen molar-refractivity contribution in [3.8, 4) is 5.75 Å². The molecule has 0 aliphatic carbocycles. The minimum absolute atomic E-state index is 0. The van der Waals surface area contributed by atoms with E-state index in [1.54, 1.807) is 6.07 Å². The van der Waals surface area contributed by atoms with Crippen LogP contribution < -0.4 is 56.5 Å². The molecule has 0 bridgehead atoms. The second-order valence-corrected chi connectivity index (χ2v) is 4.65. The predicted molar refractivity (Wildman–Crippen MR) is 69.9 cm³/mol. The van der Waals surface area contributed by atoms with Gasteiger partial charge in [-0.2, -0.15) is 0 Å². The van der Waals surface area contributed by atoms with E-state index in [2.05, 4.69) is 6.92 Å². The summed E-state index contributed by atoms with van der Waals surface area (Å²) in [7, 11) is 0. The van der Waals surface area contributed by atoms with Crippen molar-refractivity contribution in [2.24, 2.45) is 0 Å². The summed E-state index contributed by atoms with van der Waals surface area (Å²) >= 11 is 0. The third-order valence-electron chi connectivity index (χ3n) is 3.10. The average Bonchev–Trinajstić information content (AvgIpc) is 2.33. The van der Waals surface area contributed by atoms with Crippen LogP contribution in [0.1, 0.15) is 61.4 Å². The number of aromatic carboxylic acids is 1. The molecule has 0 fully saturated rings. The summed E-state index contributed by atoms with van der Waals surface area (Å²) in [6.45, 7) is 2.19. The Morgan fingerprint density at radius 2 is 1.79 bits per heavy atom. The van der Waals surface area contributed by atoms with Crippen LogP contribution in [0.2, 0.25) is 0 Å². The molecule has 19 heavy (non-hydrogen) atoms. The van der Waals surface area contributed by atoms with Crippen molar-refractivity contribution in [3.05, 3.63) is 29.3 Å². The number of unbranched alkanes of at least 4 members (excludes halogenated alkanes) is 5. The van der Waals surface area contributed by atoms with Gasteiger partial charge in [0.05, 0.1) is 5.56 Å². The molecule has 0 aromatic heterocycles. The van der Waals surface area contributed by atoms with Gasteiger partial charge in [-0.05, 0) is 24.5 Å². The van der Waals surface area contributed by atoms with Crippen LogP contribution in [0.4, 0.5) is 0 Å². The summed E-state index contributed by atoms with van der Waals surface area (Å²) in [4.78, 5) is 10.7. The minimum Gasteiger partial charge on any atom is -0.872 e. The van der Waals surface area contributed by atoms with Crippen molar-refractivity contribution in [1.29, 1.82) is 0 Å². The van der Waals surface area contributed by atoms with Crippen molar-refractivity contribution in [2.75, 3.05) is 0 Å². The first kappa shape index (κ1) is 19.1. The van der Waals surface area contributed by atoms with E-state index in [1.165, 1.54) is 44.2 Å². The number of carboxylic acids is 1. The maximum atomic E-state index is 11.5. The molecule has 3 nitrogen and oxygen atoms in total. The van der Waals surface area contributed by atoms with Crippen LogP contribution in [-0.4, -0.2) is 11.1 Å². The van der Waals surface area contributed by atoms with Gasteiger partial charge in [-0.3, -0.25) is 0 Å². The number of carboxylic acid groups (broad SMARTS) is 1. The normalized spacial score (nSPS) is 9.95. The molecule has 4 heteroatoms. The summed E-state index contributed by atoms with van der Waals surface area (Å²) in [5, 5.41) is 20.2. The zero-order valence-electron chi connectivity index (χ0n) is 11.9. The van der Waals surface area contributed by atoms with E-state index in [0.29, 0.717) is 0 Å². The number of hydrogen-bond acceptors (Lipinski definition) is 2. The Balaban J connectivity index is 0.00000324. The molecule has 1 aromatic carbocycles. The average molecular weight is 288 g/mol. The van der Waals surface area contributed by atoms with Crippen LogP contribution in [0, 0.1) is 0 Å². The van der Waals surface area contributed by atoms with Gasteiger partial charge in [0.15, 0.2) is 0 Å². The minimum atomic E-state index is -1.15. The number of benzene rings is 1. The van der Waals surface area contributed by atoms with Crippen LogP contribution in [0.3, 0.4) is 0 Å². The zero-order chi connectivity index (χ0) is 13.4. The second-order valence-electron chi connectivity index (χ2n) is 4.65. The molecule has 0 amide bonds. The van der Waals surface area contributed by atoms with Crippen LogP contribution in [0.5, 0.6) is 5.75 Å². The Kier molecular flexibility index (Phi) is 10.9. The zero-order valence-corrected chi connectivity index (χ0v) is 15.1. The molecule has 0 saturated heterocycles. The molecule has 1 N–H and O–H groups in total. The van der Waals surface area contributed by atoms with E-state index in [1.807, 2.05) is 0 Å². The number of aryl methyl sites for hydroxylation is 1. The monoisotopic (exact) mass is 288 g/mol. The first-order chi connectivity index (χ1) is 8.65. The fourth-order valence-corrected chi connectivity index (χ4v) is 2.01. The number of hydrogen-bond donors (Lipinski definition) is 1. The topological polar surface area (TPSA) is 60.4 Å². The van der Waals surface area contributed by atoms with E-state index in [9.17, 15) is 9.90 Å². The van der Waals surface area contributed by atoms with Gasteiger partial charge in [-0.1, -0.05) is 56.9 Å². The number of rotatable bonds is 8. The van der Waals surface area contributed by atoms with Crippen molar-refractivity contribution < 1.29 is 66.4 Å². The second kappa shape index (κ2) is 10.9. The van der Waals surface area contributed by atoms with Gasteiger partial charge < -0.3 is 10.2 Å². The Bertz CT molecular complexity index is 391. The molecule has 0 aliphatic heterocycles. The van der Waals surface area contributed by atoms with Gasteiger partial charge in [0, 0.05) is 0 Å². The Morgan fingerprint density at radius 3 is 2.37 bits per heavy atom. The van der Waals surface area contributed by atoms with Gasteiger partial charge >= 0.3 is 57.4 Å². The molecule has 1 rings (SSSR count). The molecule has 1 aromatic rings. The van der Waals surface area contributed by atoms with Crippen LogP contribution >= 0.6 is 0 Å². The summed E-state index contributed by atoms with van der Waals surface area (Å²) in [5.41, 5.74) is 0.808. The third kappa shape index (κ3) is 7.47. The molecule has 0 unspecified atom stereocenters. The van der Waals surface area contributed by atoms with Crippen molar-refractivity contribution >= 4 is 5.97 Å². The molecule has 0 aliphatic rings. The van der Waals surface area contributed by atoms with Gasteiger partial charge in [0.2, 0.25) is 0 Å². The first-order valence-corrected chi connectivity index (χ1v) is 6.68. The fraction of sp³-hybridized carbons (Fsp3) is 0.533. The predicted octanol–water partition coefficient (Wildman–Crippen LogP) is 0.365. The molecule has 100 valence electrons. The van der Waals surface area contributed by atoms with E-state index < -0.39 is 5.97 Å². The number of carbonyl (C=O) groups is 1. The molecule has 0 saturated carbocycles. The van der Waals surface area contributed by atoms with E-state index in [4.69, 9.17) is 5.11 Å². The largest absolute Gasteiger partial charge is 1.00 e. The molecular weight excluding hydrogens is 267 g/mol. The quantitative estimate of drug-likeness (QED) is 0.555. The molecule has 0 spiro atoms. The summed E-state index contributed by atoms with van der Waals surface area (Å²) in [6, 6.07) is 4.61. The maximum Gasteiger partial charge on any atom is 1.00 e. The van der Waals surface area contributed by atoms with Crippen LogP contribution in [0.15, 0.2) is 18.2 Å². The van der Waals surface area contributed by atoms with Crippen molar-refractivity contribution in [1.82, 2.24) is 0 Å². The molecule has 0 heterocycles. The van der Waals surface area contributed by atoms with Gasteiger partial charge in [0.1, 0.15) is 0 Å². The SMILES string of the molecule is CCCCCCCCc1ccc(C(=O)O)c([O-])c1.[K+]. The Morgan fingerprint density at radius 1 is 1.16 bits per heavy atom. The molecule has 0 radical (unpaired) electrons. The molecular formula is C15H21KO3. The van der Waals surface area contributed by atoms with Gasteiger partial charge in [-0.25, -0.2) is 4.79 Å². The van der Waals surface area contributed by atoms with Crippen LogP contribution in [0.25, 0.3) is 0 Å². The summed E-state index contributed by atoms with van der Waals surface area (Å²) in [5.74, 6) is -1.53. The van der Waals surface area contributed by atoms with Gasteiger partial charge in [0.25, 0.3) is 0 Å². The summed E-state index contributed by atoms with van der Waals surface area (Å²) in [6.07, 6.45) is 8.16. The van der Waals surface area contributed by atoms with Crippen LogP contribution in [-0.2, 0) is 6.42 Å². The fourth-order valence-electron chi connectivity index (χ4n) is 2.01.